The molecule has 0 bridgehead atoms. The van der Waals surface area contributed by atoms with Crippen molar-refractivity contribution < 1.29 is 0 Å². The Bertz CT molecular complexity index is 2400. The van der Waals surface area contributed by atoms with Crippen molar-refractivity contribution in [2.45, 2.75) is 0 Å². The van der Waals surface area contributed by atoms with Gasteiger partial charge in [0.05, 0.1) is 45.3 Å². The number of rotatable bonds is 3. The lowest BCUT2D eigenvalue weighted by molar-refractivity contribution is 1.17. The van der Waals surface area contributed by atoms with Crippen molar-refractivity contribution in [3.05, 3.63) is 145 Å². The van der Waals surface area contributed by atoms with Gasteiger partial charge in [-0.15, -0.1) is 0 Å². The van der Waals surface area contributed by atoms with E-state index in [2.05, 4.69) is 124 Å². The highest BCUT2D eigenvalue weighted by molar-refractivity contribution is 6.17. The van der Waals surface area contributed by atoms with Crippen molar-refractivity contribution in [2.75, 3.05) is 0 Å². The van der Waals surface area contributed by atoms with Crippen LogP contribution in [0.15, 0.2) is 133 Å². The van der Waals surface area contributed by atoms with Crippen molar-refractivity contribution >= 4 is 43.6 Å². The van der Waals surface area contributed by atoms with Crippen molar-refractivity contribution in [1.29, 1.82) is 10.5 Å². The molecule has 0 fully saturated rings. The molecule has 194 valence electrons. The number of fused-ring (bicyclic) bond motifs is 6. The van der Waals surface area contributed by atoms with E-state index in [1.807, 2.05) is 24.3 Å². The largest absolute Gasteiger partial charge is 0.309 e. The van der Waals surface area contributed by atoms with Gasteiger partial charge in [-0.3, -0.25) is 0 Å². The molecule has 0 unspecified atom stereocenters. The zero-order valence-corrected chi connectivity index (χ0v) is 22.5. The maximum absolute atomic E-state index is 9.63. The predicted octanol–water partition coefficient (Wildman–Crippen LogP) is 9.29. The Morgan fingerprint density at radius 2 is 1.02 bits per heavy atom. The van der Waals surface area contributed by atoms with Gasteiger partial charge >= 0.3 is 0 Å². The number of para-hydroxylation sites is 3. The van der Waals surface area contributed by atoms with E-state index in [-0.39, 0.29) is 0 Å². The van der Waals surface area contributed by atoms with Gasteiger partial charge < -0.3 is 9.13 Å². The molecule has 0 radical (unpaired) electrons. The normalized spacial score (nSPS) is 11.3. The lowest BCUT2D eigenvalue weighted by Gasteiger charge is -2.10. The van der Waals surface area contributed by atoms with Crippen molar-refractivity contribution in [3.8, 4) is 34.6 Å². The molecule has 0 aliphatic rings. The Hall–Kier alpha value is -6.10. The van der Waals surface area contributed by atoms with Gasteiger partial charge in [0.15, 0.2) is 0 Å². The van der Waals surface area contributed by atoms with Crippen LogP contribution in [0.3, 0.4) is 0 Å². The maximum Gasteiger partial charge on any atom is 0.0992 e. The van der Waals surface area contributed by atoms with Gasteiger partial charge in [0, 0.05) is 32.9 Å². The molecule has 0 aliphatic carbocycles. The van der Waals surface area contributed by atoms with Crippen LogP contribution < -0.4 is 0 Å². The molecule has 4 heteroatoms. The number of hydrogen-bond donors (Lipinski definition) is 0. The van der Waals surface area contributed by atoms with Gasteiger partial charge in [-0.25, -0.2) is 0 Å². The highest BCUT2D eigenvalue weighted by Gasteiger charge is 2.18. The van der Waals surface area contributed by atoms with E-state index in [9.17, 15) is 10.5 Å². The van der Waals surface area contributed by atoms with Gasteiger partial charge in [0.2, 0.25) is 0 Å². The zero-order valence-electron chi connectivity index (χ0n) is 22.5. The third-order valence-electron chi connectivity index (χ3n) is 8.13. The lowest BCUT2D eigenvalue weighted by atomic mass is 9.98. The molecule has 0 amide bonds. The van der Waals surface area contributed by atoms with Crippen LogP contribution in [0.2, 0.25) is 0 Å². The molecule has 42 heavy (non-hydrogen) atoms. The van der Waals surface area contributed by atoms with E-state index in [0.717, 1.165) is 38.7 Å². The zero-order chi connectivity index (χ0) is 28.2. The third-order valence-corrected chi connectivity index (χ3v) is 8.13. The predicted molar refractivity (Wildman–Crippen MR) is 170 cm³/mol. The molecule has 8 rings (SSSR count). The first-order valence-electron chi connectivity index (χ1n) is 13.8. The Morgan fingerprint density at radius 1 is 0.429 bits per heavy atom. The molecule has 0 atom stereocenters. The number of benzene rings is 6. The summed E-state index contributed by atoms with van der Waals surface area (Å²) in [5.41, 5.74) is 9.58. The van der Waals surface area contributed by atoms with Crippen LogP contribution in [-0.2, 0) is 0 Å². The average Bonchev–Trinajstić information content (AvgIpc) is 3.57. The first-order valence-corrected chi connectivity index (χ1v) is 13.8. The van der Waals surface area contributed by atoms with Crippen molar-refractivity contribution in [2.24, 2.45) is 0 Å². The van der Waals surface area contributed by atoms with Crippen molar-refractivity contribution in [1.82, 2.24) is 9.13 Å². The monoisotopic (exact) mass is 534 g/mol. The first kappa shape index (κ1) is 23.8. The van der Waals surface area contributed by atoms with Crippen LogP contribution in [0.5, 0.6) is 0 Å². The van der Waals surface area contributed by atoms with Gasteiger partial charge in [-0.05, 0) is 71.8 Å². The van der Waals surface area contributed by atoms with E-state index < -0.39 is 0 Å². The second-order valence-corrected chi connectivity index (χ2v) is 10.5. The van der Waals surface area contributed by atoms with Crippen LogP contribution >= 0.6 is 0 Å². The van der Waals surface area contributed by atoms with Crippen LogP contribution in [-0.4, -0.2) is 9.13 Å². The lowest BCUT2D eigenvalue weighted by Crippen LogP contribution is -1.96. The summed E-state index contributed by atoms with van der Waals surface area (Å²) in [5.74, 6) is 0. The fourth-order valence-electron chi connectivity index (χ4n) is 6.40. The Labute approximate surface area is 242 Å². The van der Waals surface area contributed by atoms with Gasteiger partial charge in [0.1, 0.15) is 0 Å². The fourth-order valence-corrected chi connectivity index (χ4v) is 6.40. The standard InChI is InChI=1S/C38H22N4/c39-23-25-19-26(24-40)21-29(20-25)42-34-14-6-4-11-31(34)33-22-27(17-18-36(33)42)30-13-8-16-37-38(30)32-12-5-7-15-35(32)41(37)28-9-2-1-3-10-28/h1-22H. The molecule has 6 aromatic carbocycles. The summed E-state index contributed by atoms with van der Waals surface area (Å²) in [6.45, 7) is 0. The van der Waals surface area contributed by atoms with Crippen LogP contribution in [0.1, 0.15) is 11.1 Å². The van der Waals surface area contributed by atoms with Crippen LogP contribution in [0.25, 0.3) is 66.1 Å². The summed E-state index contributed by atoms with van der Waals surface area (Å²) >= 11 is 0. The van der Waals surface area contributed by atoms with Gasteiger partial charge in [-0.2, -0.15) is 10.5 Å². The smallest absolute Gasteiger partial charge is 0.0992 e. The van der Waals surface area contributed by atoms with E-state index in [1.54, 1.807) is 6.07 Å². The molecular formula is C38H22N4. The van der Waals surface area contributed by atoms with E-state index in [4.69, 9.17) is 0 Å². The summed E-state index contributed by atoms with van der Waals surface area (Å²) in [6.07, 6.45) is 0. The molecule has 0 saturated carbocycles. The molecule has 2 aromatic heterocycles. The summed E-state index contributed by atoms with van der Waals surface area (Å²) in [7, 11) is 0. The molecule has 0 aliphatic heterocycles. The molecular weight excluding hydrogens is 512 g/mol. The highest BCUT2D eigenvalue weighted by atomic mass is 15.0. The molecule has 0 saturated heterocycles. The maximum atomic E-state index is 9.63. The van der Waals surface area contributed by atoms with Gasteiger partial charge in [0.25, 0.3) is 0 Å². The third kappa shape index (κ3) is 3.47. The highest BCUT2D eigenvalue weighted by Crippen LogP contribution is 2.41. The number of aromatic nitrogens is 2. The number of hydrogen-bond acceptors (Lipinski definition) is 2. The Morgan fingerprint density at radius 3 is 1.76 bits per heavy atom. The number of nitriles is 2. The first-order chi connectivity index (χ1) is 20.7. The minimum Gasteiger partial charge on any atom is -0.309 e. The average molecular weight is 535 g/mol. The van der Waals surface area contributed by atoms with E-state index in [1.165, 1.54) is 27.4 Å². The fraction of sp³-hybridized carbons (Fsp3) is 0. The SMILES string of the molecule is N#Cc1cc(C#N)cc(-n2c3ccccc3c3cc(-c4cccc5c4c4ccccc4n5-c4ccccc4)ccc32)c1. The Kier molecular flexibility index (Phi) is 5.22. The summed E-state index contributed by atoms with van der Waals surface area (Å²) < 4.78 is 4.49. The van der Waals surface area contributed by atoms with Crippen LogP contribution in [0, 0.1) is 22.7 Å². The summed E-state index contributed by atoms with van der Waals surface area (Å²) in [4.78, 5) is 0. The minimum atomic E-state index is 0.466. The molecule has 8 aromatic rings. The molecule has 0 spiro atoms. The van der Waals surface area contributed by atoms with E-state index in [0.29, 0.717) is 11.1 Å². The molecule has 4 nitrogen and oxygen atoms in total. The van der Waals surface area contributed by atoms with Gasteiger partial charge in [-0.1, -0.05) is 72.8 Å². The van der Waals surface area contributed by atoms with Crippen LogP contribution in [0.4, 0.5) is 0 Å². The minimum absolute atomic E-state index is 0.466. The number of nitrogens with zero attached hydrogens (tertiary/aromatic N) is 4. The quantitative estimate of drug-likeness (QED) is 0.227. The van der Waals surface area contributed by atoms with Crippen molar-refractivity contribution in [3.63, 3.8) is 0 Å². The second-order valence-electron chi connectivity index (χ2n) is 10.5. The topological polar surface area (TPSA) is 57.4 Å². The molecule has 0 N–H and O–H groups in total. The summed E-state index contributed by atoms with van der Waals surface area (Å²) in [5, 5.41) is 23.9. The molecule has 2 heterocycles. The second kappa shape index (κ2) is 9.24. The Balaban J connectivity index is 1.42. The summed E-state index contributed by atoms with van der Waals surface area (Å²) in [6, 6.07) is 50.3. The van der Waals surface area contributed by atoms with E-state index >= 15 is 0 Å².